The topological polar surface area (TPSA) is 70.9 Å². The number of nitriles is 1. The van der Waals surface area contributed by atoms with Crippen molar-refractivity contribution in [3.05, 3.63) is 59.9 Å². The van der Waals surface area contributed by atoms with Crippen LogP contribution in [0.4, 0.5) is 0 Å². The molecular formula is C19H17N3O2. The molecule has 0 saturated heterocycles. The van der Waals surface area contributed by atoms with Crippen LogP contribution in [-0.2, 0) is 4.74 Å². The van der Waals surface area contributed by atoms with E-state index in [1.165, 1.54) is 0 Å². The predicted octanol–water partition coefficient (Wildman–Crippen LogP) is 3.65. The molecule has 3 rings (SSSR count). The molecule has 0 aliphatic rings. The van der Waals surface area contributed by atoms with E-state index < -0.39 is 0 Å². The summed E-state index contributed by atoms with van der Waals surface area (Å²) in [5, 5.41) is 9.48. The Morgan fingerprint density at radius 1 is 1.21 bits per heavy atom. The first-order chi connectivity index (χ1) is 11.8. The van der Waals surface area contributed by atoms with Crippen molar-refractivity contribution in [2.75, 3.05) is 20.3 Å². The predicted molar refractivity (Wildman–Crippen MR) is 93.4 cm³/mol. The highest BCUT2D eigenvalue weighted by molar-refractivity contribution is 5.90. The minimum atomic E-state index is 0.472. The van der Waals surface area contributed by atoms with Gasteiger partial charge in [0.1, 0.15) is 24.3 Å². The summed E-state index contributed by atoms with van der Waals surface area (Å²) in [6, 6.07) is 17.5. The summed E-state index contributed by atoms with van der Waals surface area (Å²) < 4.78 is 10.6. The molecule has 1 heterocycles. The maximum Gasteiger partial charge on any atom is 0.149 e. The Morgan fingerprint density at radius 2 is 2.08 bits per heavy atom. The van der Waals surface area contributed by atoms with Crippen LogP contribution in [0.3, 0.4) is 0 Å². The van der Waals surface area contributed by atoms with Crippen LogP contribution in [0.25, 0.3) is 22.7 Å². The van der Waals surface area contributed by atoms with Gasteiger partial charge >= 0.3 is 0 Å². The fraction of sp³-hybridized carbons (Fsp3) is 0.158. The molecule has 1 aromatic heterocycles. The number of hydrogen-bond donors (Lipinski definition) is 1. The Labute approximate surface area is 140 Å². The standard InChI is InChI=1S/C19H17N3O2/c1-23-9-10-24-16-6-4-5-14(12-16)11-15(13-20)19-21-17-7-2-3-8-18(17)22-19/h2-8,11-12H,9-10H2,1H3,(H,21,22)/b15-11-. The van der Waals surface area contributed by atoms with Gasteiger partial charge in [-0.1, -0.05) is 24.3 Å². The number of fused-ring (bicyclic) bond motifs is 1. The Bertz CT molecular complexity index is 873. The first-order valence-corrected chi connectivity index (χ1v) is 7.59. The lowest BCUT2D eigenvalue weighted by Crippen LogP contribution is -2.04. The molecule has 2 aromatic carbocycles. The van der Waals surface area contributed by atoms with Gasteiger partial charge in [-0.3, -0.25) is 0 Å². The van der Waals surface area contributed by atoms with Crippen molar-refractivity contribution in [1.29, 1.82) is 5.26 Å². The van der Waals surface area contributed by atoms with Gasteiger partial charge in [-0.05, 0) is 35.9 Å². The van der Waals surface area contributed by atoms with Crippen LogP contribution in [-0.4, -0.2) is 30.3 Å². The molecule has 5 nitrogen and oxygen atoms in total. The molecule has 24 heavy (non-hydrogen) atoms. The number of aromatic nitrogens is 2. The van der Waals surface area contributed by atoms with Crippen LogP contribution in [0, 0.1) is 11.3 Å². The van der Waals surface area contributed by atoms with Gasteiger partial charge in [0.25, 0.3) is 0 Å². The lowest BCUT2D eigenvalue weighted by molar-refractivity contribution is 0.146. The van der Waals surface area contributed by atoms with E-state index >= 15 is 0 Å². The molecule has 0 bridgehead atoms. The average Bonchev–Trinajstić information content (AvgIpc) is 3.04. The van der Waals surface area contributed by atoms with Crippen molar-refractivity contribution in [3.63, 3.8) is 0 Å². The van der Waals surface area contributed by atoms with Gasteiger partial charge < -0.3 is 14.5 Å². The minimum Gasteiger partial charge on any atom is -0.491 e. The van der Waals surface area contributed by atoms with Gasteiger partial charge in [-0.25, -0.2) is 4.98 Å². The Hall–Kier alpha value is -3.10. The number of benzene rings is 2. The summed E-state index contributed by atoms with van der Waals surface area (Å²) in [5.41, 5.74) is 3.10. The molecule has 0 aliphatic carbocycles. The quantitative estimate of drug-likeness (QED) is 0.556. The smallest absolute Gasteiger partial charge is 0.149 e. The first-order valence-electron chi connectivity index (χ1n) is 7.59. The molecule has 120 valence electrons. The highest BCUT2D eigenvalue weighted by Gasteiger charge is 2.07. The monoisotopic (exact) mass is 319 g/mol. The first kappa shape index (κ1) is 15.8. The van der Waals surface area contributed by atoms with Crippen molar-refractivity contribution in [2.45, 2.75) is 0 Å². The molecule has 0 radical (unpaired) electrons. The second-order valence-corrected chi connectivity index (χ2v) is 5.19. The lowest BCUT2D eigenvalue weighted by atomic mass is 10.1. The van der Waals surface area contributed by atoms with Gasteiger partial charge in [0.2, 0.25) is 0 Å². The van der Waals surface area contributed by atoms with E-state index in [2.05, 4.69) is 16.0 Å². The van der Waals surface area contributed by atoms with E-state index in [0.29, 0.717) is 24.6 Å². The van der Waals surface area contributed by atoms with Crippen LogP contribution in [0.1, 0.15) is 11.4 Å². The van der Waals surface area contributed by atoms with Crippen molar-refractivity contribution in [3.8, 4) is 11.8 Å². The Morgan fingerprint density at radius 3 is 2.88 bits per heavy atom. The highest BCUT2D eigenvalue weighted by Crippen LogP contribution is 2.21. The van der Waals surface area contributed by atoms with Gasteiger partial charge in [-0.15, -0.1) is 0 Å². The number of nitrogens with one attached hydrogen (secondary N) is 1. The number of methoxy groups -OCH3 is 1. The molecule has 0 fully saturated rings. The fourth-order valence-electron chi connectivity index (χ4n) is 2.34. The molecule has 0 atom stereocenters. The number of rotatable bonds is 6. The highest BCUT2D eigenvalue weighted by atomic mass is 16.5. The second kappa shape index (κ2) is 7.44. The molecule has 5 heteroatoms. The Balaban J connectivity index is 1.87. The summed E-state index contributed by atoms with van der Waals surface area (Å²) in [6.07, 6.45) is 1.79. The van der Waals surface area contributed by atoms with Crippen LogP contribution < -0.4 is 4.74 Å². The van der Waals surface area contributed by atoms with Crippen molar-refractivity contribution >= 4 is 22.7 Å². The van der Waals surface area contributed by atoms with E-state index in [4.69, 9.17) is 9.47 Å². The second-order valence-electron chi connectivity index (χ2n) is 5.19. The largest absolute Gasteiger partial charge is 0.491 e. The van der Waals surface area contributed by atoms with Gasteiger partial charge in [0.05, 0.1) is 23.2 Å². The zero-order valence-corrected chi connectivity index (χ0v) is 13.3. The van der Waals surface area contributed by atoms with Crippen molar-refractivity contribution in [1.82, 2.24) is 9.97 Å². The van der Waals surface area contributed by atoms with Crippen LogP contribution in [0.15, 0.2) is 48.5 Å². The maximum absolute atomic E-state index is 9.48. The third kappa shape index (κ3) is 3.62. The van der Waals surface area contributed by atoms with E-state index in [0.717, 1.165) is 22.3 Å². The number of nitrogens with zero attached hydrogens (tertiary/aromatic N) is 2. The molecule has 3 aromatic rings. The van der Waals surface area contributed by atoms with Crippen LogP contribution in [0.5, 0.6) is 5.75 Å². The van der Waals surface area contributed by atoms with Gasteiger partial charge in [0.15, 0.2) is 0 Å². The van der Waals surface area contributed by atoms with E-state index in [-0.39, 0.29) is 0 Å². The fourth-order valence-corrected chi connectivity index (χ4v) is 2.34. The Kier molecular flexibility index (Phi) is 4.90. The van der Waals surface area contributed by atoms with Crippen LogP contribution in [0.2, 0.25) is 0 Å². The molecular weight excluding hydrogens is 302 g/mol. The summed E-state index contributed by atoms with van der Waals surface area (Å²) >= 11 is 0. The van der Waals surface area contributed by atoms with Gasteiger partial charge in [-0.2, -0.15) is 5.26 Å². The SMILES string of the molecule is COCCOc1cccc(/C=C(/C#N)c2nc3ccccc3[nH]2)c1. The number of aromatic amines is 1. The van der Waals surface area contributed by atoms with E-state index in [1.807, 2.05) is 48.5 Å². The molecule has 1 N–H and O–H groups in total. The summed E-state index contributed by atoms with van der Waals surface area (Å²) in [6.45, 7) is 1.01. The normalized spacial score (nSPS) is 11.4. The van der Waals surface area contributed by atoms with Crippen LogP contribution >= 0.6 is 0 Å². The number of allylic oxidation sites excluding steroid dienone is 1. The minimum absolute atomic E-state index is 0.472. The zero-order valence-electron chi connectivity index (χ0n) is 13.3. The number of ether oxygens (including phenoxy) is 2. The van der Waals surface area contributed by atoms with E-state index in [9.17, 15) is 5.26 Å². The van der Waals surface area contributed by atoms with E-state index in [1.54, 1.807) is 13.2 Å². The molecule has 0 unspecified atom stereocenters. The lowest BCUT2D eigenvalue weighted by Gasteiger charge is -2.06. The average molecular weight is 319 g/mol. The van der Waals surface area contributed by atoms with Gasteiger partial charge in [0, 0.05) is 7.11 Å². The third-order valence-electron chi connectivity index (χ3n) is 3.49. The molecule has 0 spiro atoms. The third-order valence-corrected chi connectivity index (χ3v) is 3.49. The van der Waals surface area contributed by atoms with Crippen molar-refractivity contribution in [2.24, 2.45) is 0 Å². The number of imidazole rings is 1. The maximum atomic E-state index is 9.48. The number of para-hydroxylation sites is 2. The molecule has 0 aliphatic heterocycles. The number of hydrogen-bond acceptors (Lipinski definition) is 4. The number of H-pyrrole nitrogens is 1. The molecule has 0 saturated carbocycles. The summed E-state index contributed by atoms with van der Waals surface area (Å²) in [5.74, 6) is 1.30. The summed E-state index contributed by atoms with van der Waals surface area (Å²) in [7, 11) is 1.63. The zero-order chi connectivity index (χ0) is 16.8. The van der Waals surface area contributed by atoms with Crippen molar-refractivity contribution < 1.29 is 9.47 Å². The summed E-state index contributed by atoms with van der Waals surface area (Å²) in [4.78, 5) is 7.64. The molecule has 0 amide bonds.